The van der Waals surface area contributed by atoms with Crippen molar-refractivity contribution in [2.45, 2.75) is 40.0 Å². The third kappa shape index (κ3) is 2.64. The fraction of sp³-hybridized carbons (Fsp3) is 0.333. The van der Waals surface area contributed by atoms with E-state index < -0.39 is 0 Å². The fourth-order valence-electron chi connectivity index (χ4n) is 2.29. The Hall–Kier alpha value is -1.56. The molecule has 18 heavy (non-hydrogen) atoms. The maximum atomic E-state index is 2.25. The molecule has 0 heterocycles. The molecule has 0 aliphatic rings. The summed E-state index contributed by atoms with van der Waals surface area (Å²) in [6.45, 7) is 11.1. The molecule has 0 unspecified atom stereocenters. The van der Waals surface area contributed by atoms with Gasteiger partial charge in [0.1, 0.15) is 0 Å². The summed E-state index contributed by atoms with van der Waals surface area (Å²) in [5, 5.41) is 0. The molecule has 0 saturated heterocycles. The van der Waals surface area contributed by atoms with Gasteiger partial charge in [-0.2, -0.15) is 0 Å². The Balaban J connectivity index is 2.41. The third-order valence-electron chi connectivity index (χ3n) is 3.44. The van der Waals surface area contributed by atoms with Crippen LogP contribution < -0.4 is 0 Å². The molecule has 0 fully saturated rings. The number of benzene rings is 2. The molecule has 0 N–H and O–H groups in total. The van der Waals surface area contributed by atoms with E-state index in [1.165, 1.54) is 27.8 Å². The summed E-state index contributed by atoms with van der Waals surface area (Å²) in [6, 6.07) is 15.6. The highest BCUT2D eigenvalue weighted by Gasteiger charge is 2.13. The molecule has 94 valence electrons. The van der Waals surface area contributed by atoms with Crippen LogP contribution in [0.4, 0.5) is 0 Å². The fourth-order valence-corrected chi connectivity index (χ4v) is 2.29. The van der Waals surface area contributed by atoms with Crippen molar-refractivity contribution >= 4 is 0 Å². The second-order valence-electron chi connectivity index (χ2n) is 6.15. The van der Waals surface area contributed by atoms with Crippen molar-refractivity contribution in [2.75, 3.05) is 0 Å². The van der Waals surface area contributed by atoms with Crippen molar-refractivity contribution in [3.8, 4) is 11.1 Å². The van der Waals surface area contributed by atoms with Gasteiger partial charge in [0.05, 0.1) is 0 Å². The zero-order valence-corrected chi connectivity index (χ0v) is 12.0. The summed E-state index contributed by atoms with van der Waals surface area (Å²) in [5.74, 6) is 0. The topological polar surface area (TPSA) is 0 Å². The quantitative estimate of drug-likeness (QED) is 0.635. The Labute approximate surface area is 111 Å². The Bertz CT molecular complexity index is 539. The molecule has 0 saturated carbocycles. The van der Waals surface area contributed by atoms with Crippen molar-refractivity contribution in [3.63, 3.8) is 0 Å². The van der Waals surface area contributed by atoms with Gasteiger partial charge in [0, 0.05) is 0 Å². The summed E-state index contributed by atoms with van der Waals surface area (Å²) in [7, 11) is 0. The van der Waals surface area contributed by atoms with Gasteiger partial charge >= 0.3 is 0 Å². The van der Waals surface area contributed by atoms with Crippen LogP contribution in [0.2, 0.25) is 0 Å². The van der Waals surface area contributed by atoms with E-state index in [4.69, 9.17) is 0 Å². The second-order valence-corrected chi connectivity index (χ2v) is 6.15. The summed E-state index contributed by atoms with van der Waals surface area (Å²) in [6.07, 6.45) is 0. The maximum Gasteiger partial charge on any atom is -0.0132 e. The van der Waals surface area contributed by atoms with Crippen molar-refractivity contribution < 1.29 is 0 Å². The first-order chi connectivity index (χ1) is 8.38. The van der Waals surface area contributed by atoms with Gasteiger partial charge in [-0.15, -0.1) is 0 Å². The zero-order chi connectivity index (χ0) is 13.3. The third-order valence-corrected chi connectivity index (χ3v) is 3.44. The first kappa shape index (κ1) is 12.9. The van der Waals surface area contributed by atoms with Crippen LogP contribution >= 0.6 is 0 Å². The molecule has 0 radical (unpaired) electrons. The zero-order valence-electron chi connectivity index (χ0n) is 12.0. The molecule has 2 aromatic rings. The average molecular weight is 238 g/mol. The molecule has 0 heteroatoms. The van der Waals surface area contributed by atoms with E-state index in [2.05, 4.69) is 77.1 Å². The van der Waals surface area contributed by atoms with Crippen LogP contribution in [0, 0.1) is 13.8 Å². The highest BCUT2D eigenvalue weighted by molar-refractivity contribution is 5.67. The van der Waals surface area contributed by atoms with E-state index in [9.17, 15) is 0 Å². The van der Waals surface area contributed by atoms with Crippen LogP contribution in [-0.4, -0.2) is 0 Å². The van der Waals surface area contributed by atoms with E-state index in [1.54, 1.807) is 0 Å². The van der Waals surface area contributed by atoms with Gasteiger partial charge in [0.15, 0.2) is 0 Å². The predicted octanol–water partition coefficient (Wildman–Crippen LogP) is 5.27. The average Bonchev–Trinajstić information content (AvgIpc) is 2.28. The number of rotatable bonds is 1. The monoisotopic (exact) mass is 238 g/mol. The van der Waals surface area contributed by atoms with Gasteiger partial charge in [0.25, 0.3) is 0 Å². The van der Waals surface area contributed by atoms with E-state index in [0.717, 1.165) is 0 Å². The Morgan fingerprint density at radius 1 is 0.778 bits per heavy atom. The van der Waals surface area contributed by atoms with Crippen molar-refractivity contribution in [1.82, 2.24) is 0 Å². The van der Waals surface area contributed by atoms with Crippen LogP contribution in [-0.2, 0) is 5.41 Å². The Morgan fingerprint density at radius 2 is 1.39 bits per heavy atom. The summed E-state index contributed by atoms with van der Waals surface area (Å²) >= 11 is 0. The lowest BCUT2D eigenvalue weighted by atomic mass is 9.86. The van der Waals surface area contributed by atoms with Gasteiger partial charge in [-0.1, -0.05) is 68.8 Å². The molecule has 0 nitrogen and oxygen atoms in total. The van der Waals surface area contributed by atoms with Crippen LogP contribution in [0.5, 0.6) is 0 Å². The molecule has 0 atom stereocenters. The molecule has 2 aromatic carbocycles. The molecular weight excluding hydrogens is 216 g/mol. The van der Waals surface area contributed by atoms with Crippen LogP contribution in [0.3, 0.4) is 0 Å². The highest BCUT2D eigenvalue weighted by Crippen LogP contribution is 2.28. The molecule has 2 rings (SSSR count). The maximum absolute atomic E-state index is 2.25. The largest absolute Gasteiger partial charge is 0.0587 e. The number of aryl methyl sites for hydroxylation is 2. The van der Waals surface area contributed by atoms with Crippen LogP contribution in [0.25, 0.3) is 11.1 Å². The van der Waals surface area contributed by atoms with E-state index in [0.29, 0.717) is 0 Å². The van der Waals surface area contributed by atoms with Crippen LogP contribution in [0.1, 0.15) is 37.5 Å². The predicted molar refractivity (Wildman–Crippen MR) is 80.1 cm³/mol. The van der Waals surface area contributed by atoms with E-state index in [-0.39, 0.29) is 5.41 Å². The first-order valence-electron chi connectivity index (χ1n) is 6.56. The van der Waals surface area contributed by atoms with Crippen molar-refractivity contribution in [2.24, 2.45) is 0 Å². The normalized spacial score (nSPS) is 11.6. The SMILES string of the molecule is Cc1ccc(-c2ccc(C(C)(C)C)cc2)c(C)c1. The van der Waals surface area contributed by atoms with Crippen molar-refractivity contribution in [3.05, 3.63) is 59.2 Å². The molecule has 0 spiro atoms. The Morgan fingerprint density at radius 3 is 1.89 bits per heavy atom. The van der Waals surface area contributed by atoms with Gasteiger partial charge in [0.2, 0.25) is 0 Å². The van der Waals surface area contributed by atoms with E-state index >= 15 is 0 Å². The lowest BCUT2D eigenvalue weighted by molar-refractivity contribution is 0.590. The number of hydrogen-bond acceptors (Lipinski definition) is 0. The second kappa shape index (κ2) is 4.61. The molecule has 0 aliphatic carbocycles. The van der Waals surface area contributed by atoms with Gasteiger partial charge < -0.3 is 0 Å². The first-order valence-corrected chi connectivity index (χ1v) is 6.56. The molecule has 0 bridgehead atoms. The molecule has 0 aromatic heterocycles. The minimum atomic E-state index is 0.223. The lowest BCUT2D eigenvalue weighted by Gasteiger charge is -2.19. The van der Waals surface area contributed by atoms with Gasteiger partial charge in [-0.3, -0.25) is 0 Å². The smallest absolute Gasteiger partial charge is 0.0132 e. The number of hydrogen-bond donors (Lipinski definition) is 0. The van der Waals surface area contributed by atoms with E-state index in [1.807, 2.05) is 0 Å². The molecular formula is C18H22. The minimum absolute atomic E-state index is 0.223. The molecule has 0 amide bonds. The standard InChI is InChI=1S/C18H22/c1-13-6-11-17(14(2)12-13)15-7-9-16(10-8-15)18(3,4)5/h6-12H,1-5H3. The Kier molecular flexibility index (Phi) is 3.30. The van der Waals surface area contributed by atoms with Gasteiger partial charge in [-0.05, 0) is 41.5 Å². The van der Waals surface area contributed by atoms with Gasteiger partial charge in [-0.25, -0.2) is 0 Å². The summed E-state index contributed by atoms with van der Waals surface area (Å²) in [5.41, 5.74) is 6.92. The highest BCUT2D eigenvalue weighted by atomic mass is 14.2. The lowest BCUT2D eigenvalue weighted by Crippen LogP contribution is -2.10. The molecule has 0 aliphatic heterocycles. The summed E-state index contributed by atoms with van der Waals surface area (Å²) < 4.78 is 0. The minimum Gasteiger partial charge on any atom is -0.0587 e. The van der Waals surface area contributed by atoms with Crippen LogP contribution in [0.15, 0.2) is 42.5 Å². The summed E-state index contributed by atoms with van der Waals surface area (Å²) in [4.78, 5) is 0. The van der Waals surface area contributed by atoms with Crippen molar-refractivity contribution in [1.29, 1.82) is 0 Å².